The van der Waals surface area contributed by atoms with Crippen LogP contribution < -0.4 is 5.32 Å². The summed E-state index contributed by atoms with van der Waals surface area (Å²) in [7, 11) is 1.84. The molecule has 236 valence electrons. The molecule has 2 aromatic heterocycles. The number of likely N-dealkylation sites (tertiary alicyclic amines) is 2. The molecule has 3 aromatic rings. The zero-order valence-electron chi connectivity index (χ0n) is 25.8. The van der Waals surface area contributed by atoms with Gasteiger partial charge < -0.3 is 19.7 Å². The molecule has 11 heteroatoms. The number of aryl methyl sites for hydroxylation is 1. The minimum absolute atomic E-state index is 0.0367. The molecule has 44 heavy (non-hydrogen) atoms. The molecule has 1 aliphatic carbocycles. The van der Waals surface area contributed by atoms with Crippen LogP contribution in [0.1, 0.15) is 74.0 Å². The number of nitrogens with zero attached hydrogens (tertiary/aromatic N) is 7. The fourth-order valence-electron chi connectivity index (χ4n) is 7.76. The fourth-order valence-corrected chi connectivity index (χ4v) is 7.89. The Labute approximate surface area is 265 Å². The molecular weight excluding hydrogens is 576 g/mol. The topological polar surface area (TPSA) is 101 Å². The third kappa shape index (κ3) is 7.01. The Morgan fingerprint density at radius 2 is 1.73 bits per heavy atom. The SMILES string of the molecule is Cn1ccnc1C(=O)N1CCC(N[C@H](Cc2ccc(Cl)cc2)C(=O)N2CCC(Cn3cncn3)(C3CCCCC3)CC2)CC1. The van der Waals surface area contributed by atoms with Crippen LogP contribution >= 0.6 is 11.6 Å². The van der Waals surface area contributed by atoms with Crippen LogP contribution in [-0.4, -0.2) is 84.2 Å². The van der Waals surface area contributed by atoms with E-state index in [1.165, 1.54) is 32.1 Å². The Morgan fingerprint density at radius 1 is 1.00 bits per heavy atom. The standard InChI is InChI=1S/C33H45ClN8O2/c1-39-20-15-36-30(39)32(44)40-16-11-28(12-17-40)38-29(21-25-7-9-27(34)10-8-25)31(43)41-18-13-33(14-19-41,22-42-24-35-23-37-42)26-5-3-2-4-6-26/h7-10,15,20,23-24,26,28-29,38H,2-6,11-14,16-19,21-22H2,1H3/t29-/m1/s1. The molecule has 1 atom stereocenters. The summed E-state index contributed by atoms with van der Waals surface area (Å²) in [5, 5.41) is 8.89. The number of benzene rings is 1. The maximum Gasteiger partial charge on any atom is 0.289 e. The molecule has 3 fully saturated rings. The summed E-state index contributed by atoms with van der Waals surface area (Å²) in [6.07, 6.45) is 17.5. The van der Waals surface area contributed by atoms with Crippen molar-refractivity contribution in [3.63, 3.8) is 0 Å². The van der Waals surface area contributed by atoms with Crippen LogP contribution in [0.5, 0.6) is 0 Å². The molecule has 0 unspecified atom stereocenters. The van der Waals surface area contributed by atoms with Gasteiger partial charge in [-0.3, -0.25) is 14.3 Å². The number of hydrogen-bond acceptors (Lipinski definition) is 6. The first kappa shape index (κ1) is 30.8. The number of imidazole rings is 1. The van der Waals surface area contributed by atoms with E-state index >= 15 is 0 Å². The number of hydrogen-bond donors (Lipinski definition) is 1. The lowest BCUT2D eigenvalue weighted by Gasteiger charge is -2.48. The minimum Gasteiger partial charge on any atom is -0.341 e. The Morgan fingerprint density at radius 3 is 2.36 bits per heavy atom. The minimum atomic E-state index is -0.338. The van der Waals surface area contributed by atoms with Crippen LogP contribution in [0.3, 0.4) is 0 Å². The highest BCUT2D eigenvalue weighted by Crippen LogP contribution is 2.47. The van der Waals surface area contributed by atoms with Gasteiger partial charge in [-0.25, -0.2) is 9.97 Å². The number of amides is 2. The van der Waals surface area contributed by atoms with Gasteiger partial charge in [-0.1, -0.05) is 43.0 Å². The Bertz CT molecular complexity index is 1370. The molecule has 2 amide bonds. The van der Waals surface area contributed by atoms with E-state index in [9.17, 15) is 9.59 Å². The highest BCUT2D eigenvalue weighted by molar-refractivity contribution is 6.30. The van der Waals surface area contributed by atoms with Gasteiger partial charge in [0, 0.05) is 63.2 Å². The number of rotatable bonds is 9. The second-order valence-corrected chi connectivity index (χ2v) is 13.5. The summed E-state index contributed by atoms with van der Waals surface area (Å²) in [5.41, 5.74) is 1.23. The van der Waals surface area contributed by atoms with E-state index in [1.54, 1.807) is 23.3 Å². The van der Waals surface area contributed by atoms with Crippen molar-refractivity contribution in [1.82, 2.24) is 39.4 Å². The van der Waals surface area contributed by atoms with Gasteiger partial charge in [0.25, 0.3) is 5.91 Å². The second-order valence-electron chi connectivity index (χ2n) is 13.1. The molecule has 1 saturated carbocycles. The maximum absolute atomic E-state index is 14.2. The molecule has 0 spiro atoms. The first-order chi connectivity index (χ1) is 21.4. The predicted molar refractivity (Wildman–Crippen MR) is 169 cm³/mol. The predicted octanol–water partition coefficient (Wildman–Crippen LogP) is 4.36. The van der Waals surface area contributed by atoms with Gasteiger partial charge in [0.05, 0.1) is 6.04 Å². The molecule has 1 aromatic carbocycles. The van der Waals surface area contributed by atoms with Crippen molar-refractivity contribution >= 4 is 23.4 Å². The van der Waals surface area contributed by atoms with Gasteiger partial charge in [-0.15, -0.1) is 0 Å². The molecular formula is C33H45ClN8O2. The summed E-state index contributed by atoms with van der Waals surface area (Å²) >= 11 is 6.18. The molecule has 3 aliphatic rings. The molecule has 2 aliphatic heterocycles. The highest BCUT2D eigenvalue weighted by atomic mass is 35.5. The number of aromatic nitrogens is 5. The van der Waals surface area contributed by atoms with Crippen LogP contribution in [0.4, 0.5) is 0 Å². The lowest BCUT2D eigenvalue weighted by Crippen LogP contribution is -2.56. The zero-order valence-corrected chi connectivity index (χ0v) is 26.5. The smallest absolute Gasteiger partial charge is 0.289 e. The van der Waals surface area contributed by atoms with Crippen molar-refractivity contribution in [2.45, 2.75) is 82.8 Å². The van der Waals surface area contributed by atoms with Crippen molar-refractivity contribution < 1.29 is 9.59 Å². The van der Waals surface area contributed by atoms with Gasteiger partial charge in [0.15, 0.2) is 5.82 Å². The third-order valence-electron chi connectivity index (χ3n) is 10.4. The molecule has 0 radical (unpaired) electrons. The van der Waals surface area contributed by atoms with Gasteiger partial charge >= 0.3 is 0 Å². The number of nitrogens with one attached hydrogen (secondary N) is 1. The van der Waals surface area contributed by atoms with Gasteiger partial charge in [-0.05, 0) is 74.0 Å². The van der Waals surface area contributed by atoms with Crippen molar-refractivity contribution in [3.8, 4) is 0 Å². The van der Waals surface area contributed by atoms with Gasteiger partial charge in [-0.2, -0.15) is 5.10 Å². The number of halogens is 1. The van der Waals surface area contributed by atoms with E-state index in [0.29, 0.717) is 36.3 Å². The normalized spacial score (nSPS) is 20.5. The molecule has 1 N–H and O–H groups in total. The number of piperidine rings is 2. The van der Waals surface area contributed by atoms with Gasteiger partial charge in [0.1, 0.15) is 12.7 Å². The molecule has 2 saturated heterocycles. The lowest BCUT2D eigenvalue weighted by molar-refractivity contribution is -0.137. The van der Waals surface area contributed by atoms with E-state index in [2.05, 4.69) is 25.3 Å². The van der Waals surface area contributed by atoms with Crippen LogP contribution in [0.25, 0.3) is 0 Å². The summed E-state index contributed by atoms with van der Waals surface area (Å²) < 4.78 is 3.77. The fraction of sp³-hybridized carbons (Fsp3) is 0.606. The van der Waals surface area contributed by atoms with Crippen molar-refractivity contribution in [2.24, 2.45) is 18.4 Å². The first-order valence-corrected chi connectivity index (χ1v) is 16.7. The quantitative estimate of drug-likeness (QED) is 0.382. The van der Waals surface area contributed by atoms with E-state index in [-0.39, 0.29) is 29.3 Å². The number of carbonyl (C=O) groups excluding carboxylic acids is 2. The summed E-state index contributed by atoms with van der Waals surface area (Å²) in [6.45, 7) is 3.68. The third-order valence-corrected chi connectivity index (χ3v) is 10.6. The second kappa shape index (κ2) is 13.8. The average molecular weight is 621 g/mol. The van der Waals surface area contributed by atoms with Crippen LogP contribution in [-0.2, 0) is 24.8 Å². The van der Waals surface area contributed by atoms with Crippen LogP contribution in [0, 0.1) is 11.3 Å². The largest absolute Gasteiger partial charge is 0.341 e. The van der Waals surface area contributed by atoms with E-state index < -0.39 is 0 Å². The van der Waals surface area contributed by atoms with Crippen molar-refractivity contribution in [2.75, 3.05) is 26.2 Å². The summed E-state index contributed by atoms with van der Waals surface area (Å²) in [6, 6.07) is 7.63. The van der Waals surface area contributed by atoms with Crippen LogP contribution in [0.2, 0.25) is 5.02 Å². The summed E-state index contributed by atoms with van der Waals surface area (Å²) in [4.78, 5) is 39.7. The van der Waals surface area contributed by atoms with Crippen LogP contribution in [0.15, 0.2) is 49.3 Å². The van der Waals surface area contributed by atoms with E-state index in [1.807, 2.05) is 47.2 Å². The molecule has 6 rings (SSSR count). The Kier molecular flexibility index (Phi) is 9.66. The molecule has 4 heterocycles. The van der Waals surface area contributed by atoms with Crippen molar-refractivity contribution in [1.29, 1.82) is 0 Å². The first-order valence-electron chi connectivity index (χ1n) is 16.3. The number of carbonyl (C=O) groups is 2. The summed E-state index contributed by atoms with van der Waals surface area (Å²) in [5.74, 6) is 1.26. The van der Waals surface area contributed by atoms with E-state index in [0.717, 1.165) is 50.9 Å². The monoisotopic (exact) mass is 620 g/mol. The Hall–Kier alpha value is -3.24. The van der Waals surface area contributed by atoms with Crippen molar-refractivity contribution in [3.05, 3.63) is 65.7 Å². The molecule has 0 bridgehead atoms. The lowest BCUT2D eigenvalue weighted by atomic mass is 9.63. The average Bonchev–Trinajstić information content (AvgIpc) is 3.74. The maximum atomic E-state index is 14.2. The van der Waals surface area contributed by atoms with Gasteiger partial charge in [0.2, 0.25) is 5.91 Å². The zero-order chi connectivity index (χ0) is 30.5. The molecule has 10 nitrogen and oxygen atoms in total. The Balaban J connectivity index is 1.12. The highest BCUT2D eigenvalue weighted by Gasteiger charge is 2.44. The van der Waals surface area contributed by atoms with E-state index in [4.69, 9.17) is 11.6 Å².